The molecule has 128 valence electrons. The summed E-state index contributed by atoms with van der Waals surface area (Å²) in [5, 5.41) is 7.31. The van der Waals surface area contributed by atoms with Crippen LogP contribution in [0.5, 0.6) is 0 Å². The molecule has 0 saturated carbocycles. The summed E-state index contributed by atoms with van der Waals surface area (Å²) >= 11 is 1.63. The van der Waals surface area contributed by atoms with E-state index in [9.17, 15) is 4.79 Å². The third kappa shape index (κ3) is 3.66. The molecular formula is C20H21N3OS. The molecule has 0 radical (unpaired) electrons. The molecule has 4 nitrogen and oxygen atoms in total. The number of nitrogens with one attached hydrogen (secondary N) is 1. The molecule has 5 heteroatoms. The maximum absolute atomic E-state index is 12.5. The fraction of sp³-hybridized carbons (Fsp3) is 0.300. The smallest absolute Gasteiger partial charge is 0.265 e. The third-order valence-corrected chi connectivity index (χ3v) is 5.87. The number of aromatic nitrogens is 2. The van der Waals surface area contributed by atoms with Gasteiger partial charge >= 0.3 is 0 Å². The van der Waals surface area contributed by atoms with Crippen LogP contribution in [0.4, 0.5) is 5.69 Å². The number of aryl methyl sites for hydroxylation is 1. The van der Waals surface area contributed by atoms with Crippen LogP contribution in [-0.4, -0.2) is 15.7 Å². The van der Waals surface area contributed by atoms with Crippen LogP contribution in [0.1, 0.15) is 39.0 Å². The van der Waals surface area contributed by atoms with Gasteiger partial charge in [0.25, 0.3) is 5.91 Å². The number of carbonyl (C=O) groups is 1. The molecule has 1 N–H and O–H groups in total. The minimum Gasteiger partial charge on any atom is -0.319 e. The molecule has 4 rings (SSSR count). The van der Waals surface area contributed by atoms with E-state index in [4.69, 9.17) is 0 Å². The number of rotatable bonds is 4. The number of fused-ring (bicyclic) bond motifs is 1. The van der Waals surface area contributed by atoms with E-state index in [1.807, 2.05) is 29.1 Å². The van der Waals surface area contributed by atoms with Crippen molar-refractivity contribution in [2.75, 3.05) is 5.32 Å². The lowest BCUT2D eigenvalue weighted by molar-refractivity contribution is 0.103. The molecular weight excluding hydrogens is 330 g/mol. The highest BCUT2D eigenvalue weighted by Crippen LogP contribution is 2.32. The first-order valence-corrected chi connectivity index (χ1v) is 9.48. The Morgan fingerprint density at radius 2 is 2.20 bits per heavy atom. The van der Waals surface area contributed by atoms with Crippen molar-refractivity contribution in [2.45, 2.75) is 32.7 Å². The second-order valence-electron chi connectivity index (χ2n) is 6.77. The van der Waals surface area contributed by atoms with Crippen LogP contribution in [0.15, 0.2) is 48.8 Å². The van der Waals surface area contributed by atoms with Crippen LogP contribution >= 0.6 is 11.3 Å². The quantitative estimate of drug-likeness (QED) is 0.759. The van der Waals surface area contributed by atoms with Gasteiger partial charge in [0.2, 0.25) is 0 Å². The summed E-state index contributed by atoms with van der Waals surface area (Å²) in [5.41, 5.74) is 3.28. The van der Waals surface area contributed by atoms with Gasteiger partial charge in [-0.25, -0.2) is 0 Å². The molecule has 0 saturated heterocycles. The van der Waals surface area contributed by atoms with E-state index in [0.29, 0.717) is 12.5 Å². The van der Waals surface area contributed by atoms with Crippen LogP contribution in [-0.2, 0) is 19.4 Å². The van der Waals surface area contributed by atoms with Gasteiger partial charge in [0.1, 0.15) is 0 Å². The van der Waals surface area contributed by atoms with Gasteiger partial charge in [-0.2, -0.15) is 5.10 Å². The molecule has 0 fully saturated rings. The van der Waals surface area contributed by atoms with Crippen LogP contribution in [0.3, 0.4) is 0 Å². The molecule has 2 aromatic heterocycles. The molecule has 1 aliphatic rings. The fourth-order valence-electron chi connectivity index (χ4n) is 3.30. The predicted molar refractivity (Wildman–Crippen MR) is 101 cm³/mol. The largest absolute Gasteiger partial charge is 0.319 e. The maximum atomic E-state index is 12.5. The zero-order valence-corrected chi connectivity index (χ0v) is 15.1. The predicted octanol–water partition coefficient (Wildman–Crippen LogP) is 4.37. The zero-order valence-electron chi connectivity index (χ0n) is 14.2. The number of benzene rings is 1. The van der Waals surface area contributed by atoms with Crippen LogP contribution in [0, 0.1) is 5.92 Å². The first-order valence-electron chi connectivity index (χ1n) is 8.66. The van der Waals surface area contributed by atoms with E-state index in [0.717, 1.165) is 23.4 Å². The van der Waals surface area contributed by atoms with Gasteiger partial charge < -0.3 is 5.32 Å². The normalized spacial score (nSPS) is 16.4. The Balaban J connectivity index is 1.43. The van der Waals surface area contributed by atoms with Gasteiger partial charge in [0, 0.05) is 11.1 Å². The summed E-state index contributed by atoms with van der Waals surface area (Å²) in [5.74, 6) is 0.681. The Morgan fingerprint density at radius 3 is 3.04 bits per heavy atom. The van der Waals surface area contributed by atoms with E-state index in [2.05, 4.69) is 35.5 Å². The van der Waals surface area contributed by atoms with Crippen LogP contribution < -0.4 is 5.32 Å². The zero-order chi connectivity index (χ0) is 17.2. The van der Waals surface area contributed by atoms with Crippen LogP contribution in [0.2, 0.25) is 0 Å². The molecule has 0 aliphatic heterocycles. The molecule has 1 aliphatic carbocycles. The number of nitrogens with zero attached hydrogens (tertiary/aromatic N) is 2. The summed E-state index contributed by atoms with van der Waals surface area (Å²) in [6.45, 7) is 2.98. The summed E-state index contributed by atoms with van der Waals surface area (Å²) in [6.07, 6.45) is 7.00. The van der Waals surface area contributed by atoms with E-state index in [-0.39, 0.29) is 5.91 Å². The Hall–Kier alpha value is -2.40. The van der Waals surface area contributed by atoms with Crippen LogP contribution in [0.25, 0.3) is 0 Å². The number of hydrogen-bond acceptors (Lipinski definition) is 3. The first kappa shape index (κ1) is 16.1. The lowest BCUT2D eigenvalue weighted by Gasteiger charge is -2.16. The van der Waals surface area contributed by atoms with Gasteiger partial charge in [-0.15, -0.1) is 11.3 Å². The second kappa shape index (κ2) is 6.84. The molecule has 1 unspecified atom stereocenters. The number of carbonyl (C=O) groups excluding carboxylic acids is 1. The lowest BCUT2D eigenvalue weighted by Crippen LogP contribution is -2.10. The number of hydrogen-bond donors (Lipinski definition) is 1. The van der Waals surface area contributed by atoms with E-state index >= 15 is 0 Å². The third-order valence-electron chi connectivity index (χ3n) is 4.63. The number of amides is 1. The van der Waals surface area contributed by atoms with E-state index in [1.54, 1.807) is 17.5 Å². The van der Waals surface area contributed by atoms with Gasteiger partial charge in [-0.3, -0.25) is 9.48 Å². The molecule has 1 amide bonds. The van der Waals surface area contributed by atoms with Crippen molar-refractivity contribution in [1.82, 2.24) is 9.78 Å². The molecule has 2 heterocycles. The summed E-state index contributed by atoms with van der Waals surface area (Å²) in [4.78, 5) is 14.7. The summed E-state index contributed by atoms with van der Waals surface area (Å²) in [7, 11) is 0. The van der Waals surface area contributed by atoms with Gasteiger partial charge in [0.15, 0.2) is 0 Å². The SMILES string of the molecule is CC1CCc2sc(C(=O)Nc3cnn(Cc4ccccc4)c3)cc2C1. The number of anilines is 1. The summed E-state index contributed by atoms with van der Waals surface area (Å²) in [6, 6.07) is 12.2. The summed E-state index contributed by atoms with van der Waals surface area (Å²) < 4.78 is 1.84. The standard InChI is InChI=1S/C20H21N3OS/c1-14-7-8-18-16(9-14)10-19(25-18)20(24)22-17-11-21-23(13-17)12-15-5-3-2-4-6-15/h2-6,10-11,13-14H,7-9,12H2,1H3,(H,22,24). The van der Waals surface area contributed by atoms with E-state index < -0.39 is 0 Å². The molecule has 1 aromatic carbocycles. The minimum atomic E-state index is -0.0358. The minimum absolute atomic E-state index is 0.0358. The fourth-order valence-corrected chi connectivity index (χ4v) is 4.40. The van der Waals surface area contributed by atoms with Crippen molar-refractivity contribution >= 4 is 22.9 Å². The highest BCUT2D eigenvalue weighted by molar-refractivity contribution is 7.14. The Kier molecular flexibility index (Phi) is 4.40. The second-order valence-corrected chi connectivity index (χ2v) is 7.91. The topological polar surface area (TPSA) is 46.9 Å². The highest BCUT2D eigenvalue weighted by atomic mass is 32.1. The lowest BCUT2D eigenvalue weighted by atomic mass is 9.90. The van der Waals surface area contributed by atoms with E-state index in [1.165, 1.54) is 22.4 Å². The van der Waals surface area contributed by atoms with Crippen molar-refractivity contribution < 1.29 is 4.79 Å². The van der Waals surface area contributed by atoms with Gasteiger partial charge in [0.05, 0.1) is 23.3 Å². The monoisotopic (exact) mass is 351 g/mol. The Morgan fingerprint density at radius 1 is 1.36 bits per heavy atom. The molecule has 1 atom stereocenters. The molecule has 3 aromatic rings. The van der Waals surface area contributed by atoms with Gasteiger partial charge in [-0.1, -0.05) is 37.3 Å². The average molecular weight is 351 g/mol. The highest BCUT2D eigenvalue weighted by Gasteiger charge is 2.20. The Labute approximate surface area is 151 Å². The van der Waals surface area contributed by atoms with Crippen molar-refractivity contribution in [3.8, 4) is 0 Å². The average Bonchev–Trinajstić information content (AvgIpc) is 3.22. The molecule has 0 spiro atoms. The van der Waals surface area contributed by atoms with Crippen molar-refractivity contribution in [3.05, 3.63) is 69.7 Å². The maximum Gasteiger partial charge on any atom is 0.265 e. The van der Waals surface area contributed by atoms with Crippen molar-refractivity contribution in [2.24, 2.45) is 5.92 Å². The van der Waals surface area contributed by atoms with Crippen molar-refractivity contribution in [1.29, 1.82) is 0 Å². The number of thiophene rings is 1. The first-order chi connectivity index (χ1) is 12.2. The molecule has 0 bridgehead atoms. The van der Waals surface area contributed by atoms with Crippen molar-refractivity contribution in [3.63, 3.8) is 0 Å². The van der Waals surface area contributed by atoms with Gasteiger partial charge in [-0.05, 0) is 42.4 Å². The molecule has 25 heavy (non-hydrogen) atoms. The Bertz CT molecular complexity index is 881.